The Hall–Kier alpha value is -2.54. The van der Waals surface area contributed by atoms with Gasteiger partial charge in [0.15, 0.2) is 0 Å². The van der Waals surface area contributed by atoms with E-state index in [0.29, 0.717) is 17.9 Å². The summed E-state index contributed by atoms with van der Waals surface area (Å²) in [5.41, 5.74) is 3.34. The van der Waals surface area contributed by atoms with E-state index in [-0.39, 0.29) is 11.9 Å². The highest BCUT2D eigenvalue weighted by Gasteiger charge is 2.32. The topological polar surface area (TPSA) is 75.7 Å². The van der Waals surface area contributed by atoms with E-state index in [1.807, 2.05) is 51.1 Å². The number of nitrogens with one attached hydrogen (secondary N) is 1. The quantitative estimate of drug-likeness (QED) is 0.709. The molecule has 0 bridgehead atoms. The maximum absolute atomic E-state index is 13.1. The molecule has 2 rings (SSSR count). The maximum atomic E-state index is 13.1. The number of nitrogens with zero attached hydrogens (tertiary/aromatic N) is 1. The third-order valence-electron chi connectivity index (χ3n) is 5.04. The Labute approximate surface area is 173 Å². The van der Waals surface area contributed by atoms with E-state index >= 15 is 0 Å². The number of para-hydroxylation sites is 1. The number of hydrogen-bond acceptors (Lipinski definition) is 4. The summed E-state index contributed by atoms with van der Waals surface area (Å²) in [7, 11) is -2.09. The number of anilines is 1. The average molecular weight is 419 g/mol. The third kappa shape index (κ3) is 5.29. The normalized spacial score (nSPS) is 13.4. The van der Waals surface area contributed by atoms with Crippen molar-refractivity contribution in [2.45, 2.75) is 46.2 Å². The number of sulfonamides is 1. The number of carbonyl (C=O) groups is 1. The lowest BCUT2D eigenvalue weighted by Crippen LogP contribution is -2.49. The molecule has 0 fully saturated rings. The van der Waals surface area contributed by atoms with Crippen LogP contribution in [0.3, 0.4) is 0 Å². The van der Waals surface area contributed by atoms with Crippen molar-refractivity contribution >= 4 is 21.6 Å². The Morgan fingerprint density at radius 1 is 1.14 bits per heavy atom. The summed E-state index contributed by atoms with van der Waals surface area (Å²) >= 11 is 0. The van der Waals surface area contributed by atoms with E-state index in [2.05, 4.69) is 5.32 Å². The largest absolute Gasteiger partial charge is 0.496 e. The number of aryl methyl sites for hydroxylation is 2. The van der Waals surface area contributed by atoms with E-state index in [1.165, 1.54) is 4.31 Å². The second-order valence-corrected chi connectivity index (χ2v) is 9.08. The molecule has 0 spiro atoms. The molecule has 0 aliphatic carbocycles. The first kappa shape index (κ1) is 22.7. The van der Waals surface area contributed by atoms with Crippen LogP contribution in [0.1, 0.15) is 43.0 Å². The molecular weight excluding hydrogens is 388 g/mol. The first-order chi connectivity index (χ1) is 13.6. The lowest BCUT2D eigenvalue weighted by atomic mass is 10.1. The summed E-state index contributed by atoms with van der Waals surface area (Å²) in [6.45, 7) is 7.54. The molecule has 0 saturated carbocycles. The molecule has 0 aliphatic heterocycles. The van der Waals surface area contributed by atoms with E-state index in [1.54, 1.807) is 26.2 Å². The molecule has 0 aliphatic rings. The minimum absolute atomic E-state index is 0.338. The minimum Gasteiger partial charge on any atom is -0.496 e. The van der Waals surface area contributed by atoms with E-state index in [0.717, 1.165) is 22.9 Å². The second-order valence-electron chi connectivity index (χ2n) is 7.22. The van der Waals surface area contributed by atoms with Crippen LogP contribution in [0.15, 0.2) is 42.5 Å². The molecule has 2 aromatic rings. The van der Waals surface area contributed by atoms with Crippen molar-refractivity contribution in [2.24, 2.45) is 0 Å². The molecule has 0 unspecified atom stereocenters. The first-order valence-corrected chi connectivity index (χ1v) is 11.4. The number of hydrogen-bond donors (Lipinski definition) is 1. The summed E-state index contributed by atoms with van der Waals surface area (Å²) in [6.07, 6.45) is 1.46. The van der Waals surface area contributed by atoms with E-state index < -0.39 is 16.1 Å². The summed E-state index contributed by atoms with van der Waals surface area (Å²) < 4.78 is 31.8. The SMILES string of the molecule is CC[C@@H](C(=O)N[C@H](C)c1ccccc1OC)N(c1ccc(C)c(C)c1)S(C)(=O)=O. The number of carbonyl (C=O) groups excluding carboxylic acids is 1. The van der Waals surface area contributed by atoms with Crippen LogP contribution in [0.5, 0.6) is 5.75 Å². The maximum Gasteiger partial charge on any atom is 0.244 e. The molecule has 2 aromatic carbocycles. The summed E-state index contributed by atoms with van der Waals surface area (Å²) in [4.78, 5) is 13.1. The predicted molar refractivity (Wildman–Crippen MR) is 117 cm³/mol. The highest BCUT2D eigenvalue weighted by atomic mass is 32.2. The van der Waals surface area contributed by atoms with E-state index in [9.17, 15) is 13.2 Å². The van der Waals surface area contributed by atoms with Crippen molar-refractivity contribution in [3.05, 3.63) is 59.2 Å². The van der Waals surface area contributed by atoms with E-state index in [4.69, 9.17) is 4.74 Å². The lowest BCUT2D eigenvalue weighted by molar-refractivity contribution is -0.122. The van der Waals surface area contributed by atoms with Crippen LogP contribution in [0.25, 0.3) is 0 Å². The fraction of sp³-hybridized carbons (Fsp3) is 0.409. The number of ether oxygens (including phenoxy) is 1. The Morgan fingerprint density at radius 2 is 1.79 bits per heavy atom. The van der Waals surface area contributed by atoms with Gasteiger partial charge in [-0.1, -0.05) is 31.2 Å². The van der Waals surface area contributed by atoms with Gasteiger partial charge in [0.05, 0.1) is 25.1 Å². The Kier molecular flexibility index (Phi) is 7.30. The van der Waals surface area contributed by atoms with Crippen LogP contribution < -0.4 is 14.4 Å². The van der Waals surface area contributed by atoms with Crippen molar-refractivity contribution in [3.63, 3.8) is 0 Å². The highest BCUT2D eigenvalue weighted by molar-refractivity contribution is 7.92. The summed E-state index contributed by atoms with van der Waals surface area (Å²) in [6, 6.07) is 11.6. The third-order valence-corrected chi connectivity index (χ3v) is 6.22. The van der Waals surface area contributed by atoms with Gasteiger partial charge in [-0.05, 0) is 56.5 Å². The molecule has 0 radical (unpaired) electrons. The van der Waals surface area contributed by atoms with Crippen molar-refractivity contribution in [1.29, 1.82) is 0 Å². The van der Waals surface area contributed by atoms with Gasteiger partial charge >= 0.3 is 0 Å². The summed E-state index contributed by atoms with van der Waals surface area (Å²) in [5.74, 6) is 0.317. The molecule has 6 nitrogen and oxygen atoms in total. The Balaban J connectivity index is 2.36. The van der Waals surface area contributed by atoms with Crippen molar-refractivity contribution in [1.82, 2.24) is 5.32 Å². The molecule has 158 valence electrons. The van der Waals surface area contributed by atoms with Gasteiger partial charge < -0.3 is 10.1 Å². The average Bonchev–Trinajstić information content (AvgIpc) is 2.67. The monoisotopic (exact) mass is 418 g/mol. The van der Waals surface area contributed by atoms with Crippen LogP contribution >= 0.6 is 0 Å². The van der Waals surface area contributed by atoms with Gasteiger partial charge in [0.1, 0.15) is 11.8 Å². The predicted octanol–water partition coefficient (Wildman–Crippen LogP) is 3.73. The molecule has 1 amide bonds. The molecule has 29 heavy (non-hydrogen) atoms. The fourth-order valence-electron chi connectivity index (χ4n) is 3.33. The van der Waals surface area contributed by atoms with Crippen molar-refractivity contribution < 1.29 is 17.9 Å². The van der Waals surface area contributed by atoms with Crippen molar-refractivity contribution in [3.8, 4) is 5.75 Å². The molecule has 0 aromatic heterocycles. The molecule has 0 saturated heterocycles. The molecule has 7 heteroatoms. The number of amides is 1. The van der Waals surface area contributed by atoms with Gasteiger partial charge in [0.25, 0.3) is 0 Å². The van der Waals surface area contributed by atoms with Gasteiger partial charge in [-0.2, -0.15) is 0 Å². The van der Waals surface area contributed by atoms with Gasteiger partial charge in [-0.15, -0.1) is 0 Å². The molecular formula is C22H30N2O4S. The number of methoxy groups -OCH3 is 1. The number of benzene rings is 2. The van der Waals surface area contributed by atoms with Crippen molar-refractivity contribution in [2.75, 3.05) is 17.7 Å². The van der Waals surface area contributed by atoms with Crippen LogP contribution in [0.2, 0.25) is 0 Å². The van der Waals surface area contributed by atoms with Gasteiger partial charge in [-0.25, -0.2) is 8.42 Å². The molecule has 2 atom stereocenters. The number of rotatable bonds is 8. The smallest absolute Gasteiger partial charge is 0.244 e. The summed E-state index contributed by atoms with van der Waals surface area (Å²) in [5, 5.41) is 2.95. The second kappa shape index (κ2) is 9.31. The van der Waals surface area contributed by atoms with Crippen LogP contribution in [-0.2, 0) is 14.8 Å². The Bertz CT molecular complexity index is 973. The van der Waals surface area contributed by atoms with Crippen LogP contribution in [-0.4, -0.2) is 33.7 Å². The van der Waals surface area contributed by atoms with Gasteiger partial charge in [-0.3, -0.25) is 9.10 Å². The fourth-order valence-corrected chi connectivity index (χ4v) is 4.54. The molecule has 0 heterocycles. The first-order valence-electron chi connectivity index (χ1n) is 9.60. The standard InChI is InChI=1S/C22H30N2O4S/c1-7-20(22(25)23-17(4)19-10-8-9-11-21(19)28-5)24(29(6,26)27)18-13-12-15(2)16(3)14-18/h8-14,17,20H,7H2,1-6H3,(H,23,25)/t17-,20+/m1/s1. The minimum atomic E-state index is -3.67. The van der Waals surface area contributed by atoms with Crippen LogP contribution in [0, 0.1) is 13.8 Å². The Morgan fingerprint density at radius 3 is 2.34 bits per heavy atom. The zero-order valence-corrected chi connectivity index (χ0v) is 18.7. The van der Waals surface area contributed by atoms with Crippen LogP contribution in [0.4, 0.5) is 5.69 Å². The van der Waals surface area contributed by atoms with Gasteiger partial charge in [0.2, 0.25) is 15.9 Å². The highest BCUT2D eigenvalue weighted by Crippen LogP contribution is 2.27. The zero-order chi connectivity index (χ0) is 21.8. The molecule has 1 N–H and O–H groups in total. The zero-order valence-electron chi connectivity index (χ0n) is 17.9. The lowest BCUT2D eigenvalue weighted by Gasteiger charge is -2.31. The van der Waals surface area contributed by atoms with Gasteiger partial charge in [0, 0.05) is 5.56 Å².